The number of anilines is 1. The van der Waals surface area contributed by atoms with Gasteiger partial charge in [-0.25, -0.2) is 9.97 Å². The maximum atomic E-state index is 12.2. The Hall–Kier alpha value is -2.74. The number of carbonyl (C=O) groups is 1. The van der Waals surface area contributed by atoms with Gasteiger partial charge in [-0.05, 0) is 18.1 Å². The Morgan fingerprint density at radius 2 is 2.05 bits per heavy atom. The Bertz CT molecular complexity index is 759. The number of nitrogens with zero attached hydrogens (tertiary/aromatic N) is 3. The number of nitriles is 1. The van der Waals surface area contributed by atoms with Crippen LogP contribution in [0.5, 0.6) is 0 Å². The molecule has 1 heterocycles. The minimum atomic E-state index is -0.198. The van der Waals surface area contributed by atoms with Crippen molar-refractivity contribution < 1.29 is 4.79 Å². The van der Waals surface area contributed by atoms with Gasteiger partial charge in [-0.2, -0.15) is 5.26 Å². The lowest BCUT2D eigenvalue weighted by Gasteiger charge is -2.03. The summed E-state index contributed by atoms with van der Waals surface area (Å²) >= 11 is 0. The third kappa shape index (κ3) is 1.50. The Kier molecular flexibility index (Phi) is 2.32. The van der Waals surface area contributed by atoms with Gasteiger partial charge < -0.3 is 5.73 Å². The third-order valence-corrected chi connectivity index (χ3v) is 3.24. The predicted molar refractivity (Wildman–Crippen MR) is 69.4 cm³/mol. The number of nitrogen functional groups attached to an aromatic ring is 1. The molecule has 2 N–H and O–H groups in total. The van der Waals surface area contributed by atoms with Gasteiger partial charge in [0.2, 0.25) is 5.78 Å². The number of benzene rings is 1. The van der Waals surface area contributed by atoms with E-state index in [2.05, 4.69) is 9.97 Å². The molecule has 0 spiro atoms. The molecule has 1 aromatic heterocycles. The van der Waals surface area contributed by atoms with Crippen LogP contribution in [0.4, 0.5) is 5.82 Å². The van der Waals surface area contributed by atoms with E-state index < -0.39 is 0 Å². The molecule has 0 atom stereocenters. The predicted octanol–water partition coefficient (Wildman–Crippen LogP) is 1.70. The van der Waals surface area contributed by atoms with Gasteiger partial charge in [0, 0.05) is 11.1 Å². The lowest BCUT2D eigenvalue weighted by molar-refractivity contribution is 0.103. The summed E-state index contributed by atoms with van der Waals surface area (Å²) in [6.45, 7) is 2.04. The number of rotatable bonds is 1. The van der Waals surface area contributed by atoms with Crippen molar-refractivity contribution in [3.8, 4) is 17.3 Å². The molecule has 0 radical (unpaired) electrons. The number of fused-ring (bicyclic) bond motifs is 3. The van der Waals surface area contributed by atoms with Gasteiger partial charge in [-0.15, -0.1) is 0 Å². The molecule has 2 aromatic rings. The normalized spacial score (nSPS) is 11.9. The number of nitrogens with two attached hydrogens (primary N) is 1. The van der Waals surface area contributed by atoms with Crippen molar-refractivity contribution in [1.82, 2.24) is 9.97 Å². The van der Waals surface area contributed by atoms with Gasteiger partial charge in [-0.1, -0.05) is 19.1 Å². The summed E-state index contributed by atoms with van der Waals surface area (Å²) in [5.74, 6) is -0.138. The van der Waals surface area contributed by atoms with Gasteiger partial charge >= 0.3 is 0 Å². The van der Waals surface area contributed by atoms with Gasteiger partial charge in [-0.3, -0.25) is 4.79 Å². The lowest BCUT2D eigenvalue weighted by Crippen LogP contribution is -2.05. The molecular weight excluding hydrogens is 240 g/mol. The summed E-state index contributed by atoms with van der Waals surface area (Å²) < 4.78 is 0. The van der Waals surface area contributed by atoms with Crippen molar-refractivity contribution in [3.05, 3.63) is 40.7 Å². The fourth-order valence-corrected chi connectivity index (χ4v) is 2.21. The summed E-state index contributed by atoms with van der Waals surface area (Å²) in [5.41, 5.74) is 8.80. The van der Waals surface area contributed by atoms with Crippen LogP contribution in [-0.2, 0) is 6.42 Å². The van der Waals surface area contributed by atoms with Crippen LogP contribution in [-0.4, -0.2) is 15.8 Å². The van der Waals surface area contributed by atoms with Gasteiger partial charge in [0.25, 0.3) is 0 Å². The van der Waals surface area contributed by atoms with Crippen LogP contribution in [0.15, 0.2) is 18.2 Å². The molecular formula is C14H10N4O. The summed E-state index contributed by atoms with van der Waals surface area (Å²) in [6, 6.07) is 7.47. The monoisotopic (exact) mass is 250 g/mol. The first kappa shape index (κ1) is 11.4. The first-order valence-electron chi connectivity index (χ1n) is 5.91. The van der Waals surface area contributed by atoms with Crippen LogP contribution >= 0.6 is 0 Å². The highest BCUT2D eigenvalue weighted by Crippen LogP contribution is 2.35. The fourth-order valence-electron chi connectivity index (χ4n) is 2.21. The largest absolute Gasteiger partial charge is 0.381 e. The highest BCUT2D eigenvalue weighted by molar-refractivity contribution is 6.20. The van der Waals surface area contributed by atoms with Crippen molar-refractivity contribution in [2.24, 2.45) is 0 Å². The zero-order valence-corrected chi connectivity index (χ0v) is 10.3. The summed E-state index contributed by atoms with van der Waals surface area (Å²) in [6.07, 6.45) is 0.871. The first-order chi connectivity index (χ1) is 9.15. The molecule has 3 rings (SSSR count). The van der Waals surface area contributed by atoms with E-state index in [1.807, 2.05) is 25.1 Å². The van der Waals surface area contributed by atoms with Crippen molar-refractivity contribution in [1.29, 1.82) is 5.26 Å². The first-order valence-corrected chi connectivity index (χ1v) is 5.91. The van der Waals surface area contributed by atoms with E-state index in [0.29, 0.717) is 11.3 Å². The number of carbonyl (C=O) groups excluding carboxylic acids is 1. The second kappa shape index (κ2) is 3.89. The molecule has 5 nitrogen and oxygen atoms in total. The van der Waals surface area contributed by atoms with Crippen molar-refractivity contribution >= 4 is 11.6 Å². The molecule has 1 aliphatic carbocycles. The summed E-state index contributed by atoms with van der Waals surface area (Å²) in [4.78, 5) is 20.4. The van der Waals surface area contributed by atoms with Crippen LogP contribution in [0.3, 0.4) is 0 Å². The average Bonchev–Trinajstić information content (AvgIpc) is 2.70. The van der Waals surface area contributed by atoms with Crippen LogP contribution < -0.4 is 5.73 Å². The Labute approximate surface area is 109 Å². The van der Waals surface area contributed by atoms with E-state index in [-0.39, 0.29) is 23.0 Å². The number of hydrogen-bond acceptors (Lipinski definition) is 5. The number of aryl methyl sites for hydroxylation is 1. The van der Waals surface area contributed by atoms with Crippen LogP contribution in [0.1, 0.15) is 34.2 Å². The molecule has 1 aliphatic rings. The fraction of sp³-hybridized carbons (Fsp3) is 0.143. The van der Waals surface area contributed by atoms with Crippen molar-refractivity contribution in [3.63, 3.8) is 0 Å². The highest BCUT2D eigenvalue weighted by Gasteiger charge is 2.31. The Balaban J connectivity index is 2.31. The Morgan fingerprint density at radius 1 is 1.26 bits per heavy atom. The number of aromatic nitrogens is 2. The van der Waals surface area contributed by atoms with Crippen LogP contribution in [0, 0.1) is 11.3 Å². The summed E-state index contributed by atoms with van der Waals surface area (Å²) in [7, 11) is 0. The molecule has 0 fully saturated rings. The molecule has 19 heavy (non-hydrogen) atoms. The van der Waals surface area contributed by atoms with Crippen LogP contribution in [0.2, 0.25) is 0 Å². The van der Waals surface area contributed by atoms with Crippen molar-refractivity contribution in [2.45, 2.75) is 13.3 Å². The molecule has 5 heteroatoms. The number of hydrogen-bond donors (Lipinski definition) is 1. The Morgan fingerprint density at radius 3 is 2.74 bits per heavy atom. The maximum Gasteiger partial charge on any atom is 0.214 e. The average molecular weight is 250 g/mol. The minimum Gasteiger partial charge on any atom is -0.381 e. The molecule has 0 unspecified atom stereocenters. The third-order valence-electron chi connectivity index (χ3n) is 3.24. The lowest BCUT2D eigenvalue weighted by atomic mass is 10.0. The molecule has 0 bridgehead atoms. The maximum absolute atomic E-state index is 12.2. The molecule has 92 valence electrons. The standard InChI is InChI=1S/C14H10N4O/c1-2-7-3-4-8-9(5-7)11-12(13(8)19)17-10(6-15)14(16)18-11/h3-5H,2H2,1H3,(H2,16,18). The van der Waals surface area contributed by atoms with Gasteiger partial charge in [0.05, 0.1) is 0 Å². The van der Waals surface area contributed by atoms with Gasteiger partial charge in [0.15, 0.2) is 11.5 Å². The quantitative estimate of drug-likeness (QED) is 0.709. The summed E-state index contributed by atoms with van der Waals surface area (Å²) in [5, 5.41) is 8.89. The molecule has 0 saturated heterocycles. The number of ketones is 1. The van der Waals surface area contributed by atoms with E-state index in [1.54, 1.807) is 6.07 Å². The van der Waals surface area contributed by atoms with E-state index in [4.69, 9.17) is 11.0 Å². The zero-order valence-electron chi connectivity index (χ0n) is 10.3. The highest BCUT2D eigenvalue weighted by atomic mass is 16.1. The molecule has 0 saturated carbocycles. The minimum absolute atomic E-state index is 0.00405. The second-order valence-corrected chi connectivity index (χ2v) is 4.33. The van der Waals surface area contributed by atoms with Crippen molar-refractivity contribution in [2.75, 3.05) is 5.73 Å². The molecule has 0 amide bonds. The van der Waals surface area contributed by atoms with E-state index >= 15 is 0 Å². The zero-order chi connectivity index (χ0) is 13.6. The molecule has 0 aliphatic heterocycles. The van der Waals surface area contributed by atoms with E-state index in [0.717, 1.165) is 17.5 Å². The SMILES string of the molecule is CCc1ccc2c(c1)-c1nc(N)c(C#N)nc1C2=O. The van der Waals surface area contributed by atoms with E-state index in [9.17, 15) is 4.79 Å². The van der Waals surface area contributed by atoms with E-state index in [1.165, 1.54) is 0 Å². The van der Waals surface area contributed by atoms with Crippen LogP contribution in [0.25, 0.3) is 11.3 Å². The smallest absolute Gasteiger partial charge is 0.214 e. The second-order valence-electron chi connectivity index (χ2n) is 4.33. The van der Waals surface area contributed by atoms with Gasteiger partial charge in [0.1, 0.15) is 17.5 Å². The topological polar surface area (TPSA) is 92.7 Å². The molecule has 1 aromatic carbocycles.